The lowest BCUT2D eigenvalue weighted by molar-refractivity contribution is 0.0695. The molecular formula is C32H26ClN7O5. The number of pyridine rings is 1. The summed E-state index contributed by atoms with van der Waals surface area (Å²) in [5.41, 5.74) is 3.62. The molecule has 5 aromatic rings. The first kappa shape index (κ1) is 29.5. The Morgan fingerprint density at radius 3 is 2.58 bits per heavy atom. The highest BCUT2D eigenvalue weighted by atomic mass is 35.5. The molecule has 0 unspecified atom stereocenters. The van der Waals surface area contributed by atoms with Gasteiger partial charge in [-0.05, 0) is 66.3 Å². The molecule has 4 N–H and O–H groups in total. The van der Waals surface area contributed by atoms with Gasteiger partial charge in [0.2, 0.25) is 0 Å². The fourth-order valence-electron chi connectivity index (χ4n) is 5.42. The monoisotopic (exact) mass is 623 g/mol. The Morgan fingerprint density at radius 1 is 1.00 bits per heavy atom. The summed E-state index contributed by atoms with van der Waals surface area (Å²) in [6.07, 6.45) is 5.65. The molecule has 0 saturated heterocycles. The minimum absolute atomic E-state index is 0.00695. The Bertz CT molecular complexity index is 1990. The van der Waals surface area contributed by atoms with Crippen molar-refractivity contribution >= 4 is 46.6 Å². The van der Waals surface area contributed by atoms with Gasteiger partial charge in [0.15, 0.2) is 5.65 Å². The van der Waals surface area contributed by atoms with E-state index in [1.54, 1.807) is 61.8 Å². The van der Waals surface area contributed by atoms with Crippen LogP contribution in [0.5, 0.6) is 0 Å². The van der Waals surface area contributed by atoms with Crippen molar-refractivity contribution < 1.29 is 24.3 Å². The fraction of sp³-hybridized carbons (Fsp3) is 0.156. The molecule has 3 aromatic heterocycles. The molecule has 12 nitrogen and oxygen atoms in total. The van der Waals surface area contributed by atoms with Crippen LogP contribution in [0.25, 0.3) is 5.65 Å². The molecule has 0 radical (unpaired) electrons. The molecule has 3 amide bonds. The Morgan fingerprint density at radius 2 is 1.82 bits per heavy atom. The number of hydrogen-bond acceptors (Lipinski definition) is 7. The van der Waals surface area contributed by atoms with Crippen molar-refractivity contribution in [3.8, 4) is 0 Å². The van der Waals surface area contributed by atoms with Crippen LogP contribution in [0.1, 0.15) is 76.4 Å². The van der Waals surface area contributed by atoms with Gasteiger partial charge in [-0.1, -0.05) is 35.9 Å². The van der Waals surface area contributed by atoms with Crippen LogP contribution in [-0.2, 0) is 13.0 Å². The van der Waals surface area contributed by atoms with E-state index in [2.05, 4.69) is 31.0 Å². The molecule has 13 heteroatoms. The Labute approximate surface area is 261 Å². The van der Waals surface area contributed by atoms with E-state index in [1.165, 1.54) is 22.8 Å². The van der Waals surface area contributed by atoms with Crippen molar-refractivity contribution in [1.29, 1.82) is 0 Å². The normalized spacial score (nSPS) is 13.7. The summed E-state index contributed by atoms with van der Waals surface area (Å²) >= 11 is 6.23. The minimum Gasteiger partial charge on any atom is -0.478 e. The van der Waals surface area contributed by atoms with Crippen LogP contribution in [0.4, 0.5) is 5.69 Å². The van der Waals surface area contributed by atoms with Gasteiger partial charge in [0.05, 0.1) is 28.5 Å². The average Bonchev–Trinajstić information content (AvgIpc) is 3.66. The van der Waals surface area contributed by atoms with Gasteiger partial charge in [0, 0.05) is 25.0 Å². The first-order chi connectivity index (χ1) is 21.7. The third kappa shape index (κ3) is 5.83. The maximum Gasteiger partial charge on any atom is 0.335 e. The number of anilines is 1. The molecule has 1 aliphatic carbocycles. The summed E-state index contributed by atoms with van der Waals surface area (Å²) in [6.45, 7) is 1.92. The van der Waals surface area contributed by atoms with E-state index >= 15 is 0 Å². The van der Waals surface area contributed by atoms with Crippen molar-refractivity contribution in [2.75, 3.05) is 5.32 Å². The second kappa shape index (κ2) is 12.2. The highest BCUT2D eigenvalue weighted by Gasteiger charge is 2.29. The first-order valence-corrected chi connectivity index (χ1v) is 14.4. The van der Waals surface area contributed by atoms with Crippen molar-refractivity contribution in [3.63, 3.8) is 0 Å². The molecule has 0 saturated carbocycles. The van der Waals surface area contributed by atoms with E-state index < -0.39 is 29.7 Å². The van der Waals surface area contributed by atoms with Crippen LogP contribution in [0.15, 0.2) is 73.2 Å². The highest BCUT2D eigenvalue weighted by molar-refractivity contribution is 6.34. The number of para-hydroxylation sites is 1. The van der Waals surface area contributed by atoms with Crippen molar-refractivity contribution in [2.24, 2.45) is 0 Å². The quantitative estimate of drug-likeness (QED) is 0.197. The molecule has 1 aliphatic rings. The molecule has 0 spiro atoms. The lowest BCUT2D eigenvalue weighted by Gasteiger charge is -2.16. The van der Waals surface area contributed by atoms with Crippen LogP contribution in [-0.4, -0.2) is 48.4 Å². The highest BCUT2D eigenvalue weighted by Crippen LogP contribution is 2.35. The van der Waals surface area contributed by atoms with Crippen molar-refractivity contribution in [1.82, 2.24) is 30.2 Å². The number of halogens is 1. The third-order valence-electron chi connectivity index (χ3n) is 7.71. The second-order valence-electron chi connectivity index (χ2n) is 10.5. The molecule has 45 heavy (non-hydrogen) atoms. The second-order valence-corrected chi connectivity index (χ2v) is 10.9. The zero-order valence-electron chi connectivity index (χ0n) is 23.9. The Hall–Kier alpha value is -5.62. The Balaban J connectivity index is 1.35. The molecule has 226 valence electrons. The largest absolute Gasteiger partial charge is 0.478 e. The van der Waals surface area contributed by atoms with Crippen LogP contribution in [0.2, 0.25) is 5.02 Å². The number of carbonyl (C=O) groups excluding carboxylic acids is 3. The summed E-state index contributed by atoms with van der Waals surface area (Å²) in [7, 11) is 0. The van der Waals surface area contributed by atoms with Crippen molar-refractivity contribution in [3.05, 3.63) is 123 Å². The van der Waals surface area contributed by atoms with Gasteiger partial charge < -0.3 is 21.1 Å². The van der Waals surface area contributed by atoms with E-state index in [0.29, 0.717) is 29.1 Å². The summed E-state index contributed by atoms with van der Waals surface area (Å²) in [5.74, 6) is -2.72. The zero-order valence-corrected chi connectivity index (χ0v) is 24.6. The number of nitrogens with one attached hydrogen (secondary N) is 3. The maximum absolute atomic E-state index is 13.8. The van der Waals surface area contributed by atoms with E-state index in [9.17, 15) is 24.3 Å². The predicted molar refractivity (Wildman–Crippen MR) is 164 cm³/mol. The number of aromatic carboxylic acids is 1. The average molecular weight is 624 g/mol. The number of rotatable bonds is 8. The molecule has 0 fully saturated rings. The summed E-state index contributed by atoms with van der Waals surface area (Å²) in [5, 5.41) is 22.6. The summed E-state index contributed by atoms with van der Waals surface area (Å²) < 4.78 is 1.21. The molecule has 0 bridgehead atoms. The number of carboxylic acids is 1. The van der Waals surface area contributed by atoms with Gasteiger partial charge in [-0.25, -0.2) is 14.3 Å². The van der Waals surface area contributed by atoms with Crippen LogP contribution >= 0.6 is 11.6 Å². The van der Waals surface area contributed by atoms with Gasteiger partial charge in [-0.15, -0.1) is 0 Å². The number of amides is 3. The number of hydrogen-bond donors (Lipinski definition) is 4. The van der Waals surface area contributed by atoms with Gasteiger partial charge >= 0.3 is 5.97 Å². The standard InChI is InChI=1S/C32H26ClN7O5/c1-17-19-10-11-24(21(19)9-8-20(17)32(44)45)38-31(43)27-13-26(30(42)35-15-18-5-4-12-34-14-18)37-28-22(16-36-40(27)28)29(41)39-25-7-3-2-6-23(25)33/h2-9,12-14,16,24H,10-11,15H2,1H3,(H,35,42)(H,38,43)(H,39,41)(H,44,45)/t24-/m0/s1. The van der Waals surface area contributed by atoms with Crippen LogP contribution < -0.4 is 16.0 Å². The molecule has 2 aromatic carbocycles. The lowest BCUT2D eigenvalue weighted by Crippen LogP contribution is -2.31. The van der Waals surface area contributed by atoms with E-state index in [1.807, 2.05) is 0 Å². The van der Waals surface area contributed by atoms with Gasteiger partial charge in [-0.2, -0.15) is 5.10 Å². The molecule has 0 aliphatic heterocycles. The van der Waals surface area contributed by atoms with E-state index in [-0.39, 0.29) is 34.7 Å². The molecular weight excluding hydrogens is 598 g/mol. The smallest absolute Gasteiger partial charge is 0.335 e. The fourth-order valence-corrected chi connectivity index (χ4v) is 5.61. The topological polar surface area (TPSA) is 168 Å². The number of aromatic nitrogens is 4. The number of nitrogens with zero attached hydrogens (tertiary/aromatic N) is 4. The molecule has 6 rings (SSSR count). The third-order valence-corrected chi connectivity index (χ3v) is 8.04. The number of carbonyl (C=O) groups is 4. The molecule has 3 heterocycles. The number of fused-ring (bicyclic) bond motifs is 2. The molecule has 1 atom stereocenters. The zero-order chi connectivity index (χ0) is 31.7. The maximum atomic E-state index is 13.8. The number of benzene rings is 2. The SMILES string of the molecule is Cc1c(C(=O)O)ccc2c1CC[C@@H]2NC(=O)c1cc(C(=O)NCc2cccnc2)nc2c(C(=O)Nc3ccccc3Cl)cnn12. The van der Waals surface area contributed by atoms with Gasteiger partial charge in [0.1, 0.15) is 17.0 Å². The lowest BCUT2D eigenvalue weighted by atomic mass is 9.98. The predicted octanol–water partition coefficient (Wildman–Crippen LogP) is 4.38. The first-order valence-electron chi connectivity index (χ1n) is 14.0. The van der Waals surface area contributed by atoms with Crippen LogP contribution in [0, 0.1) is 6.92 Å². The van der Waals surface area contributed by atoms with Gasteiger partial charge in [0.25, 0.3) is 17.7 Å². The van der Waals surface area contributed by atoms with E-state index in [4.69, 9.17) is 11.6 Å². The van der Waals surface area contributed by atoms with Crippen LogP contribution in [0.3, 0.4) is 0 Å². The number of carboxylic acid groups (broad SMARTS) is 1. The Kier molecular flexibility index (Phi) is 7.97. The summed E-state index contributed by atoms with van der Waals surface area (Å²) in [4.78, 5) is 60.5. The van der Waals surface area contributed by atoms with E-state index in [0.717, 1.165) is 16.7 Å². The minimum atomic E-state index is -1.01. The summed E-state index contributed by atoms with van der Waals surface area (Å²) in [6, 6.07) is 14.4. The van der Waals surface area contributed by atoms with Crippen molar-refractivity contribution in [2.45, 2.75) is 32.4 Å². The van der Waals surface area contributed by atoms with Gasteiger partial charge in [-0.3, -0.25) is 19.4 Å².